The van der Waals surface area contributed by atoms with Gasteiger partial charge in [0.15, 0.2) is 22.5 Å². The maximum atomic E-state index is 12.4. The molecule has 1 amide bonds. The lowest BCUT2D eigenvalue weighted by Crippen LogP contribution is -2.15. The van der Waals surface area contributed by atoms with Crippen molar-refractivity contribution in [2.75, 3.05) is 17.7 Å². The zero-order valence-corrected chi connectivity index (χ0v) is 20.2. The van der Waals surface area contributed by atoms with Gasteiger partial charge < -0.3 is 19.4 Å². The molecule has 0 bridgehead atoms. The molecule has 0 aliphatic rings. The number of hydrogen-bond donors (Lipinski definition) is 1. The van der Waals surface area contributed by atoms with E-state index < -0.39 is 0 Å². The number of ether oxygens (including phenoxy) is 2. The Morgan fingerprint density at radius 3 is 2.66 bits per heavy atom. The third kappa shape index (κ3) is 6.17. The molecule has 0 spiro atoms. The minimum Gasteiger partial charge on any atom is -0.490 e. The highest BCUT2D eigenvalue weighted by Gasteiger charge is 2.15. The molecule has 32 heavy (non-hydrogen) atoms. The summed E-state index contributed by atoms with van der Waals surface area (Å²) in [6.45, 7) is 9.34. The molecule has 9 heteroatoms. The van der Waals surface area contributed by atoms with Crippen molar-refractivity contribution < 1.29 is 14.3 Å². The van der Waals surface area contributed by atoms with Crippen molar-refractivity contribution in [3.63, 3.8) is 0 Å². The average Bonchev–Trinajstić information content (AvgIpc) is 3.16. The van der Waals surface area contributed by atoms with Crippen molar-refractivity contribution in [2.45, 2.75) is 46.0 Å². The molecule has 0 radical (unpaired) electrons. The minimum absolute atomic E-state index is 0.134. The smallest absolute Gasteiger partial charge is 0.234 e. The van der Waals surface area contributed by atoms with E-state index >= 15 is 0 Å². The van der Waals surface area contributed by atoms with Gasteiger partial charge in [-0.3, -0.25) is 4.79 Å². The van der Waals surface area contributed by atoms with Crippen LogP contribution in [0.25, 0.3) is 0 Å². The average molecular weight is 475 g/mol. The first-order valence-electron chi connectivity index (χ1n) is 10.4. The number of carbonyl (C=O) groups excluding carboxylic acids is 1. The van der Waals surface area contributed by atoms with Gasteiger partial charge in [-0.2, -0.15) is 0 Å². The molecule has 7 nitrogen and oxygen atoms in total. The second-order valence-electron chi connectivity index (χ2n) is 7.11. The van der Waals surface area contributed by atoms with Crippen LogP contribution in [0.2, 0.25) is 5.02 Å². The van der Waals surface area contributed by atoms with E-state index in [1.54, 1.807) is 12.1 Å². The van der Waals surface area contributed by atoms with Gasteiger partial charge in [0.2, 0.25) is 5.91 Å². The number of amides is 1. The van der Waals surface area contributed by atoms with Crippen LogP contribution in [0.15, 0.2) is 41.6 Å². The quantitative estimate of drug-likeness (QED) is 0.403. The second-order valence-corrected chi connectivity index (χ2v) is 8.49. The minimum atomic E-state index is -0.134. The first-order chi connectivity index (χ1) is 15.4. The van der Waals surface area contributed by atoms with Gasteiger partial charge in [0.25, 0.3) is 0 Å². The summed E-state index contributed by atoms with van der Waals surface area (Å²) in [5.41, 5.74) is 2.76. The highest BCUT2D eigenvalue weighted by Crippen LogP contribution is 2.29. The van der Waals surface area contributed by atoms with Gasteiger partial charge >= 0.3 is 0 Å². The maximum Gasteiger partial charge on any atom is 0.234 e. The van der Waals surface area contributed by atoms with Crippen molar-refractivity contribution in [2.24, 2.45) is 0 Å². The fourth-order valence-electron chi connectivity index (χ4n) is 3.04. The maximum absolute atomic E-state index is 12.4. The number of halogens is 1. The largest absolute Gasteiger partial charge is 0.490 e. The number of carbonyl (C=O) groups is 1. The monoisotopic (exact) mass is 474 g/mol. The summed E-state index contributed by atoms with van der Waals surface area (Å²) in [5, 5.41) is 12.6. The van der Waals surface area contributed by atoms with Gasteiger partial charge in [0.1, 0.15) is 6.61 Å². The van der Waals surface area contributed by atoms with Crippen molar-refractivity contribution in [3.05, 3.63) is 58.4 Å². The summed E-state index contributed by atoms with van der Waals surface area (Å²) in [5.74, 6) is 2.12. The summed E-state index contributed by atoms with van der Waals surface area (Å²) in [4.78, 5) is 12.4. The van der Waals surface area contributed by atoms with Crippen LogP contribution in [0.4, 0.5) is 5.69 Å². The number of anilines is 1. The summed E-state index contributed by atoms with van der Waals surface area (Å²) < 4.78 is 13.6. The van der Waals surface area contributed by atoms with E-state index in [0.29, 0.717) is 46.3 Å². The Labute approximate surface area is 197 Å². The molecule has 2 aromatic carbocycles. The van der Waals surface area contributed by atoms with Gasteiger partial charge in [-0.15, -0.1) is 10.2 Å². The van der Waals surface area contributed by atoms with Crippen molar-refractivity contribution >= 4 is 35.0 Å². The predicted molar refractivity (Wildman–Crippen MR) is 128 cm³/mol. The van der Waals surface area contributed by atoms with Gasteiger partial charge in [-0.1, -0.05) is 35.5 Å². The molecule has 0 aliphatic carbocycles. The van der Waals surface area contributed by atoms with E-state index in [-0.39, 0.29) is 18.3 Å². The molecule has 0 aliphatic heterocycles. The zero-order chi connectivity index (χ0) is 23.1. The number of aryl methyl sites for hydroxylation is 2. The Kier molecular flexibility index (Phi) is 8.41. The lowest BCUT2D eigenvalue weighted by molar-refractivity contribution is -0.113. The Bertz CT molecular complexity index is 1090. The van der Waals surface area contributed by atoms with Crippen LogP contribution in [-0.4, -0.2) is 33.0 Å². The number of thioether (sulfide) groups is 1. The summed E-state index contributed by atoms with van der Waals surface area (Å²) >= 11 is 7.36. The Morgan fingerprint density at radius 2 is 1.91 bits per heavy atom. The van der Waals surface area contributed by atoms with Crippen molar-refractivity contribution in [3.8, 4) is 11.5 Å². The first-order valence-corrected chi connectivity index (χ1v) is 11.7. The van der Waals surface area contributed by atoms with E-state index in [4.69, 9.17) is 21.1 Å². The van der Waals surface area contributed by atoms with Gasteiger partial charge in [0, 0.05) is 17.3 Å². The summed E-state index contributed by atoms with van der Waals surface area (Å²) in [6.07, 6.45) is 0. The van der Waals surface area contributed by atoms with E-state index in [2.05, 4.69) is 15.5 Å². The molecule has 170 valence electrons. The van der Waals surface area contributed by atoms with E-state index in [1.807, 2.05) is 56.5 Å². The number of nitrogens with zero attached hydrogens (tertiary/aromatic N) is 3. The molecular weight excluding hydrogens is 448 g/mol. The molecule has 0 fully saturated rings. The summed E-state index contributed by atoms with van der Waals surface area (Å²) in [6, 6.07) is 11.2. The molecule has 3 rings (SSSR count). The number of nitrogens with one attached hydrogen (secondary N) is 1. The van der Waals surface area contributed by atoms with Gasteiger partial charge in [0.05, 0.1) is 12.4 Å². The third-order valence-electron chi connectivity index (χ3n) is 4.67. The van der Waals surface area contributed by atoms with Crippen LogP contribution in [-0.2, 0) is 17.9 Å². The number of rotatable bonds is 10. The molecule has 0 unspecified atom stereocenters. The lowest BCUT2D eigenvalue weighted by Gasteiger charge is -2.13. The zero-order valence-electron chi connectivity index (χ0n) is 18.6. The molecule has 0 saturated heterocycles. The second kappa shape index (κ2) is 11.2. The van der Waals surface area contributed by atoms with Crippen molar-refractivity contribution in [1.29, 1.82) is 0 Å². The molecule has 0 atom stereocenters. The fourth-order valence-corrected chi connectivity index (χ4v) is 4.03. The third-order valence-corrected chi connectivity index (χ3v) is 5.87. The van der Waals surface area contributed by atoms with E-state index in [1.165, 1.54) is 11.8 Å². The van der Waals surface area contributed by atoms with Crippen LogP contribution in [0.5, 0.6) is 11.5 Å². The highest BCUT2D eigenvalue weighted by atomic mass is 35.5. The molecule has 1 heterocycles. The Balaban J connectivity index is 1.62. The van der Waals surface area contributed by atoms with E-state index in [9.17, 15) is 4.79 Å². The Morgan fingerprint density at radius 1 is 1.09 bits per heavy atom. The van der Waals surface area contributed by atoms with Crippen LogP contribution >= 0.6 is 23.4 Å². The highest BCUT2D eigenvalue weighted by molar-refractivity contribution is 7.99. The fraction of sp³-hybridized carbons (Fsp3) is 0.348. The predicted octanol–water partition coefficient (Wildman–Crippen LogP) is 5.28. The van der Waals surface area contributed by atoms with Gasteiger partial charge in [-0.05, 0) is 63.1 Å². The van der Waals surface area contributed by atoms with Crippen LogP contribution in [0.1, 0.15) is 30.8 Å². The van der Waals surface area contributed by atoms with E-state index in [0.717, 1.165) is 11.1 Å². The molecular formula is C23H27ClN4O3S. The van der Waals surface area contributed by atoms with Crippen LogP contribution in [0.3, 0.4) is 0 Å². The number of hydrogen-bond acceptors (Lipinski definition) is 6. The van der Waals surface area contributed by atoms with Crippen molar-refractivity contribution in [1.82, 2.24) is 14.8 Å². The normalized spacial score (nSPS) is 10.8. The molecule has 3 aromatic rings. The standard InChI is InChI=1S/C23H27ClN4O3S/c1-5-28-21(13-31-19-10-7-15(3)11-20(19)30-6-2)26-27-23(28)32-14-22(29)25-18-12-17(24)9-8-16(18)4/h7-12H,5-6,13-14H2,1-4H3,(H,25,29). The van der Waals surface area contributed by atoms with Crippen LogP contribution < -0.4 is 14.8 Å². The molecule has 1 aromatic heterocycles. The van der Waals surface area contributed by atoms with Gasteiger partial charge in [-0.25, -0.2) is 0 Å². The molecule has 0 saturated carbocycles. The SMILES string of the molecule is CCOc1cc(C)ccc1OCc1nnc(SCC(=O)Nc2cc(Cl)ccc2C)n1CC. The molecule has 1 N–H and O–H groups in total. The lowest BCUT2D eigenvalue weighted by atomic mass is 10.2. The number of benzene rings is 2. The number of aromatic nitrogens is 3. The van der Waals surface area contributed by atoms with Crippen LogP contribution in [0, 0.1) is 13.8 Å². The Hall–Kier alpha value is -2.71. The summed E-state index contributed by atoms with van der Waals surface area (Å²) in [7, 11) is 0. The first kappa shape index (κ1) is 23.9. The topological polar surface area (TPSA) is 78.3 Å².